The predicted molar refractivity (Wildman–Crippen MR) is 116 cm³/mol. The molecule has 2 aliphatic heterocycles. The Morgan fingerprint density at radius 3 is 2.69 bits per heavy atom. The molecule has 0 bridgehead atoms. The van der Waals surface area contributed by atoms with Crippen molar-refractivity contribution in [3.05, 3.63) is 27.9 Å². The summed E-state index contributed by atoms with van der Waals surface area (Å²) in [6.07, 6.45) is 0. The molecule has 1 fully saturated rings. The molecule has 0 saturated carbocycles. The van der Waals surface area contributed by atoms with E-state index in [0.717, 1.165) is 0 Å². The molecular formula is C19H22N4O7S2. The minimum Gasteiger partial charge on any atom is -0.477 e. The molecule has 0 spiro atoms. The number of thiazole rings is 1. The molecule has 172 valence electrons. The zero-order valence-electron chi connectivity index (χ0n) is 17.8. The molecule has 2 N–H and O–H groups in total. The number of fused-ring (bicyclic) bond motifs is 1. The largest absolute Gasteiger partial charge is 0.477 e. The fourth-order valence-corrected chi connectivity index (χ4v) is 4.87. The van der Waals surface area contributed by atoms with E-state index < -0.39 is 47.4 Å². The number of ether oxygens (including phenoxy) is 1. The number of carboxylic acid groups (broad SMARTS) is 1. The van der Waals surface area contributed by atoms with Crippen molar-refractivity contribution < 1.29 is 33.9 Å². The Labute approximate surface area is 191 Å². The maximum absolute atomic E-state index is 12.9. The molecule has 2 amide bonds. The van der Waals surface area contributed by atoms with Crippen LogP contribution in [0, 0.1) is 0 Å². The van der Waals surface area contributed by atoms with Gasteiger partial charge in [-0.05, 0) is 33.3 Å². The number of esters is 1. The Balaban J connectivity index is 1.70. The highest BCUT2D eigenvalue weighted by Gasteiger charge is 2.54. The summed E-state index contributed by atoms with van der Waals surface area (Å²) in [6, 6.07) is -0.926. The van der Waals surface area contributed by atoms with Crippen molar-refractivity contribution in [3.8, 4) is 0 Å². The van der Waals surface area contributed by atoms with Crippen molar-refractivity contribution in [2.45, 2.75) is 44.7 Å². The standard InChI is InChI=1S/C19H22N4O7S2/c1-9-6-32-17-13(16(26)23(17)14(9)18(27)28)21-15(25)12(10-7-31-8-20-10)22-29-5-11(24)30-19(2,3)4/h7-8,13,17H,5-6H2,1-4H3,(H,21,25)(H,27,28)/t13?,17-/m0/s1. The molecule has 2 aliphatic rings. The van der Waals surface area contributed by atoms with Gasteiger partial charge in [0.1, 0.15) is 28.4 Å². The average Bonchev–Trinajstić information content (AvgIpc) is 3.21. The number of nitrogens with zero attached hydrogens (tertiary/aromatic N) is 3. The van der Waals surface area contributed by atoms with Crippen molar-refractivity contribution >= 4 is 52.6 Å². The van der Waals surface area contributed by atoms with Crippen molar-refractivity contribution in [2.75, 3.05) is 12.4 Å². The molecule has 1 saturated heterocycles. The third-order valence-electron chi connectivity index (χ3n) is 4.30. The quantitative estimate of drug-likeness (QED) is 0.251. The molecule has 11 nitrogen and oxygen atoms in total. The number of carbonyl (C=O) groups is 4. The van der Waals surface area contributed by atoms with Gasteiger partial charge < -0.3 is 20.0 Å². The highest BCUT2D eigenvalue weighted by Crippen LogP contribution is 2.40. The second-order valence-electron chi connectivity index (χ2n) is 7.97. The van der Waals surface area contributed by atoms with E-state index in [4.69, 9.17) is 9.57 Å². The van der Waals surface area contributed by atoms with E-state index >= 15 is 0 Å². The molecule has 0 aliphatic carbocycles. The zero-order valence-corrected chi connectivity index (χ0v) is 19.4. The Bertz CT molecular complexity index is 998. The van der Waals surface area contributed by atoms with Gasteiger partial charge >= 0.3 is 11.9 Å². The van der Waals surface area contributed by atoms with Crippen molar-refractivity contribution in [1.82, 2.24) is 15.2 Å². The summed E-state index contributed by atoms with van der Waals surface area (Å²) < 4.78 is 5.12. The summed E-state index contributed by atoms with van der Waals surface area (Å²) in [5.74, 6) is -2.69. The highest BCUT2D eigenvalue weighted by molar-refractivity contribution is 8.00. The zero-order chi connectivity index (χ0) is 23.6. The lowest BCUT2D eigenvalue weighted by Crippen LogP contribution is -2.71. The number of nitrogens with one attached hydrogen (secondary N) is 1. The summed E-state index contributed by atoms with van der Waals surface area (Å²) in [6.45, 7) is 6.25. The van der Waals surface area contributed by atoms with Gasteiger partial charge in [-0.15, -0.1) is 23.1 Å². The van der Waals surface area contributed by atoms with Crippen LogP contribution in [0.25, 0.3) is 0 Å². The van der Waals surface area contributed by atoms with Gasteiger partial charge in [0.25, 0.3) is 11.8 Å². The molecule has 1 unspecified atom stereocenters. The third-order valence-corrected chi connectivity index (χ3v) is 6.31. The van der Waals surface area contributed by atoms with Crippen LogP contribution in [0.3, 0.4) is 0 Å². The van der Waals surface area contributed by atoms with Crippen LogP contribution < -0.4 is 5.32 Å². The molecule has 1 aromatic rings. The Morgan fingerprint density at radius 2 is 2.09 bits per heavy atom. The number of β-lactam (4-membered cyclic amide) rings is 1. The van der Waals surface area contributed by atoms with E-state index in [-0.39, 0.29) is 17.1 Å². The van der Waals surface area contributed by atoms with Crippen LogP contribution in [0.2, 0.25) is 0 Å². The highest BCUT2D eigenvalue weighted by atomic mass is 32.2. The molecule has 3 heterocycles. The van der Waals surface area contributed by atoms with E-state index in [1.807, 2.05) is 0 Å². The van der Waals surface area contributed by atoms with Gasteiger partial charge in [0.15, 0.2) is 5.71 Å². The molecule has 3 rings (SSSR count). The lowest BCUT2D eigenvalue weighted by Gasteiger charge is -2.49. The first-order valence-corrected chi connectivity index (χ1v) is 11.5. The van der Waals surface area contributed by atoms with Crippen LogP contribution in [0.15, 0.2) is 27.3 Å². The minimum absolute atomic E-state index is 0.0571. The van der Waals surface area contributed by atoms with Gasteiger partial charge in [-0.2, -0.15) is 0 Å². The lowest BCUT2D eigenvalue weighted by atomic mass is 10.0. The number of carboxylic acids is 1. The number of carbonyl (C=O) groups excluding carboxylic acids is 3. The van der Waals surface area contributed by atoms with Crippen LogP contribution in [0.1, 0.15) is 33.4 Å². The maximum Gasteiger partial charge on any atom is 0.352 e. The maximum atomic E-state index is 12.9. The second-order valence-corrected chi connectivity index (χ2v) is 9.79. The van der Waals surface area contributed by atoms with Gasteiger partial charge in [0, 0.05) is 11.1 Å². The Morgan fingerprint density at radius 1 is 1.38 bits per heavy atom. The summed E-state index contributed by atoms with van der Waals surface area (Å²) in [5.41, 5.74) is 1.31. The number of aliphatic carboxylic acids is 1. The first kappa shape index (κ1) is 23.7. The molecule has 1 aromatic heterocycles. The van der Waals surface area contributed by atoms with E-state index in [0.29, 0.717) is 11.3 Å². The molecule has 0 aromatic carbocycles. The van der Waals surface area contributed by atoms with Gasteiger partial charge in [-0.3, -0.25) is 14.5 Å². The van der Waals surface area contributed by atoms with Crippen LogP contribution >= 0.6 is 23.1 Å². The summed E-state index contributed by atoms with van der Waals surface area (Å²) in [7, 11) is 0. The topological polar surface area (TPSA) is 147 Å². The molecule has 0 radical (unpaired) electrons. The lowest BCUT2D eigenvalue weighted by molar-refractivity contribution is -0.160. The summed E-state index contributed by atoms with van der Waals surface area (Å²) in [5, 5.41) is 16.8. The van der Waals surface area contributed by atoms with Gasteiger partial charge in [0.2, 0.25) is 6.61 Å². The average molecular weight is 483 g/mol. The normalized spacial score (nSPS) is 20.9. The first-order chi connectivity index (χ1) is 15.0. The number of aromatic nitrogens is 1. The minimum atomic E-state index is -1.19. The molecule has 32 heavy (non-hydrogen) atoms. The Kier molecular flexibility index (Phi) is 6.88. The smallest absolute Gasteiger partial charge is 0.352 e. The number of rotatable bonds is 7. The van der Waals surface area contributed by atoms with Crippen molar-refractivity contribution in [3.63, 3.8) is 0 Å². The van der Waals surface area contributed by atoms with Gasteiger partial charge in [0.05, 0.1) is 5.51 Å². The van der Waals surface area contributed by atoms with Crippen LogP contribution in [-0.4, -0.2) is 73.8 Å². The van der Waals surface area contributed by atoms with Gasteiger partial charge in [-0.25, -0.2) is 14.6 Å². The second kappa shape index (κ2) is 9.28. The van der Waals surface area contributed by atoms with Crippen LogP contribution in [0.5, 0.6) is 0 Å². The fraction of sp³-hybridized carbons (Fsp3) is 0.474. The van der Waals surface area contributed by atoms with E-state index in [9.17, 15) is 24.3 Å². The van der Waals surface area contributed by atoms with E-state index in [2.05, 4.69) is 15.5 Å². The number of oxime groups is 1. The van der Waals surface area contributed by atoms with Gasteiger partial charge in [-0.1, -0.05) is 5.16 Å². The number of thioether (sulfide) groups is 1. The molecule has 2 atom stereocenters. The SMILES string of the molecule is CC1=C(C(=O)O)N2C(=O)C(NC(=O)C(=NOCC(=O)OC(C)(C)C)c3cscn3)[C@@H]2SC1. The molecule has 13 heteroatoms. The first-order valence-electron chi connectivity index (χ1n) is 9.48. The van der Waals surface area contributed by atoms with E-state index in [1.165, 1.54) is 33.5 Å². The Hall–Kier alpha value is -2.93. The van der Waals surface area contributed by atoms with Crippen molar-refractivity contribution in [2.24, 2.45) is 5.16 Å². The van der Waals surface area contributed by atoms with Crippen molar-refractivity contribution in [1.29, 1.82) is 0 Å². The van der Waals surface area contributed by atoms with Crippen LogP contribution in [0.4, 0.5) is 0 Å². The summed E-state index contributed by atoms with van der Waals surface area (Å²) in [4.78, 5) is 59.0. The summed E-state index contributed by atoms with van der Waals surface area (Å²) >= 11 is 2.58. The number of amides is 2. The van der Waals surface area contributed by atoms with Crippen LogP contribution in [-0.2, 0) is 28.8 Å². The van der Waals surface area contributed by atoms with E-state index in [1.54, 1.807) is 33.1 Å². The fourth-order valence-electron chi connectivity index (χ4n) is 3.04. The monoisotopic (exact) mass is 482 g/mol. The predicted octanol–water partition coefficient (Wildman–Crippen LogP) is 0.964. The third kappa shape index (κ3) is 5.10. The number of hydrogen-bond acceptors (Lipinski definition) is 10. The number of hydrogen-bond donors (Lipinski definition) is 2. The molecular weight excluding hydrogens is 460 g/mol.